The van der Waals surface area contributed by atoms with Crippen LogP contribution >= 0.6 is 0 Å². The molecule has 0 aromatic heterocycles. The Morgan fingerprint density at radius 3 is 2.63 bits per heavy atom. The van der Waals surface area contributed by atoms with Gasteiger partial charge < -0.3 is 24.4 Å². The highest BCUT2D eigenvalue weighted by Gasteiger charge is 2.46. The van der Waals surface area contributed by atoms with Gasteiger partial charge >= 0.3 is 0 Å². The average Bonchev–Trinajstić information content (AvgIpc) is 3.14. The molecule has 5 rings (SSSR count). The summed E-state index contributed by atoms with van der Waals surface area (Å²) < 4.78 is 11.0. The number of Topliss-reactive ketones (excluding diaryl/α,β-unsaturated/α-hetero) is 1. The summed E-state index contributed by atoms with van der Waals surface area (Å²) in [6.45, 7) is 1.49. The number of benzene rings is 3. The lowest BCUT2D eigenvalue weighted by Gasteiger charge is -2.28. The molecule has 1 atom stereocenters. The number of nitrogens with zero attached hydrogens (tertiary/aromatic N) is 2. The number of aliphatic hydroxyl groups excluding tert-OH is 1. The van der Waals surface area contributed by atoms with Crippen LogP contribution in [0, 0.1) is 0 Å². The Kier molecular flexibility index (Phi) is 5.91. The van der Waals surface area contributed by atoms with Crippen LogP contribution in [0.25, 0.3) is 5.76 Å². The molecule has 2 aliphatic heterocycles. The first-order chi connectivity index (χ1) is 17.0. The molecule has 0 bridgehead atoms. The number of anilines is 1. The standard InChI is InChI=1S/C28H26N2O5/c1-29-13-14-35-23-12-11-20(16-22(23)29)26(31)24-25(19-8-4-3-5-9-19)30(28(33)27(24)32)17-18-7-6-10-21(15-18)34-2/h3-12,15-16,25,31H,13-14,17H2,1-2H3/b26-24-. The van der Waals surface area contributed by atoms with Gasteiger partial charge in [-0.3, -0.25) is 9.59 Å². The number of likely N-dealkylation sites (tertiary alicyclic amines) is 1. The van der Waals surface area contributed by atoms with Crippen molar-refractivity contribution in [2.24, 2.45) is 0 Å². The summed E-state index contributed by atoms with van der Waals surface area (Å²) in [6.07, 6.45) is 0. The van der Waals surface area contributed by atoms with Crippen molar-refractivity contribution < 1.29 is 24.2 Å². The minimum Gasteiger partial charge on any atom is -0.507 e. The number of aliphatic hydroxyl groups is 1. The average molecular weight is 471 g/mol. The maximum Gasteiger partial charge on any atom is 0.295 e. The molecule has 2 heterocycles. The Balaban J connectivity index is 1.61. The van der Waals surface area contributed by atoms with Crippen LogP contribution in [-0.4, -0.2) is 49.0 Å². The Bertz CT molecular complexity index is 1320. The summed E-state index contributed by atoms with van der Waals surface area (Å²) in [5, 5.41) is 11.4. The summed E-state index contributed by atoms with van der Waals surface area (Å²) in [6, 6.07) is 21.2. The second-order valence-electron chi connectivity index (χ2n) is 8.64. The molecule has 0 radical (unpaired) electrons. The van der Waals surface area contributed by atoms with E-state index in [1.54, 1.807) is 25.3 Å². The van der Waals surface area contributed by atoms with E-state index >= 15 is 0 Å². The molecule has 0 saturated carbocycles. The predicted molar refractivity (Wildman–Crippen MR) is 132 cm³/mol. The van der Waals surface area contributed by atoms with Crippen molar-refractivity contribution in [2.45, 2.75) is 12.6 Å². The van der Waals surface area contributed by atoms with E-state index < -0.39 is 17.7 Å². The number of fused-ring (bicyclic) bond motifs is 1. The number of ketones is 1. The molecule has 1 saturated heterocycles. The fourth-order valence-corrected chi connectivity index (χ4v) is 4.65. The van der Waals surface area contributed by atoms with Gasteiger partial charge in [0.15, 0.2) is 0 Å². The predicted octanol–water partition coefficient (Wildman–Crippen LogP) is 4.15. The van der Waals surface area contributed by atoms with Crippen LogP contribution in [0.2, 0.25) is 0 Å². The highest BCUT2D eigenvalue weighted by molar-refractivity contribution is 6.46. The molecule has 1 fully saturated rings. The quantitative estimate of drug-likeness (QED) is 0.343. The molecular formula is C28H26N2O5. The third-order valence-corrected chi connectivity index (χ3v) is 6.47. The molecule has 1 amide bonds. The second-order valence-corrected chi connectivity index (χ2v) is 8.64. The number of methoxy groups -OCH3 is 1. The number of rotatable bonds is 5. The molecule has 3 aromatic carbocycles. The Morgan fingerprint density at radius 1 is 1.06 bits per heavy atom. The summed E-state index contributed by atoms with van der Waals surface area (Å²) in [7, 11) is 3.53. The van der Waals surface area contributed by atoms with Gasteiger partial charge in [0.1, 0.15) is 23.9 Å². The van der Waals surface area contributed by atoms with Crippen molar-refractivity contribution in [3.05, 3.63) is 95.1 Å². The molecule has 1 N–H and O–H groups in total. The summed E-state index contributed by atoms with van der Waals surface area (Å²) >= 11 is 0. The van der Waals surface area contributed by atoms with Gasteiger partial charge in [-0.15, -0.1) is 0 Å². The van der Waals surface area contributed by atoms with Crippen LogP contribution in [0.1, 0.15) is 22.7 Å². The number of amides is 1. The zero-order valence-electron chi connectivity index (χ0n) is 19.6. The zero-order valence-corrected chi connectivity index (χ0v) is 19.6. The first-order valence-corrected chi connectivity index (χ1v) is 11.4. The van der Waals surface area contributed by atoms with Gasteiger partial charge in [0.2, 0.25) is 0 Å². The number of carbonyl (C=O) groups is 2. The summed E-state index contributed by atoms with van der Waals surface area (Å²) in [5.41, 5.74) is 2.92. The van der Waals surface area contributed by atoms with E-state index in [2.05, 4.69) is 0 Å². The minimum atomic E-state index is -0.729. The Morgan fingerprint density at radius 2 is 1.86 bits per heavy atom. The van der Waals surface area contributed by atoms with E-state index in [-0.39, 0.29) is 17.9 Å². The minimum absolute atomic E-state index is 0.0726. The Labute approximate surface area is 203 Å². The van der Waals surface area contributed by atoms with E-state index in [1.807, 2.05) is 66.5 Å². The molecule has 178 valence electrons. The second kappa shape index (κ2) is 9.18. The number of ether oxygens (including phenoxy) is 2. The van der Waals surface area contributed by atoms with E-state index in [0.29, 0.717) is 30.2 Å². The topological polar surface area (TPSA) is 79.3 Å². The lowest BCUT2D eigenvalue weighted by molar-refractivity contribution is -0.140. The van der Waals surface area contributed by atoms with Crippen LogP contribution in [0.5, 0.6) is 11.5 Å². The van der Waals surface area contributed by atoms with Gasteiger partial charge in [0.25, 0.3) is 11.7 Å². The normalized spacial score (nSPS) is 18.9. The number of likely N-dealkylation sites (N-methyl/N-ethyl adjacent to an activating group) is 1. The first kappa shape index (κ1) is 22.5. The number of hydrogen-bond donors (Lipinski definition) is 1. The largest absolute Gasteiger partial charge is 0.507 e. The fourth-order valence-electron chi connectivity index (χ4n) is 4.65. The molecule has 7 nitrogen and oxygen atoms in total. The monoisotopic (exact) mass is 470 g/mol. The summed E-state index contributed by atoms with van der Waals surface area (Å²) in [5.74, 6) is -0.181. The lowest BCUT2D eigenvalue weighted by atomic mass is 9.95. The highest BCUT2D eigenvalue weighted by atomic mass is 16.5. The van der Waals surface area contributed by atoms with E-state index in [1.165, 1.54) is 4.90 Å². The van der Waals surface area contributed by atoms with Gasteiger partial charge in [0.05, 0.1) is 31.0 Å². The van der Waals surface area contributed by atoms with Crippen molar-refractivity contribution in [3.63, 3.8) is 0 Å². The first-order valence-electron chi connectivity index (χ1n) is 11.4. The maximum atomic E-state index is 13.3. The van der Waals surface area contributed by atoms with Crippen molar-refractivity contribution in [3.8, 4) is 11.5 Å². The van der Waals surface area contributed by atoms with Gasteiger partial charge in [-0.05, 0) is 41.5 Å². The third kappa shape index (κ3) is 4.10. The number of hydrogen-bond acceptors (Lipinski definition) is 6. The van der Waals surface area contributed by atoms with Gasteiger partial charge in [0, 0.05) is 19.2 Å². The van der Waals surface area contributed by atoms with Crippen LogP contribution in [0.3, 0.4) is 0 Å². The van der Waals surface area contributed by atoms with Crippen molar-refractivity contribution in [1.29, 1.82) is 0 Å². The van der Waals surface area contributed by atoms with Crippen molar-refractivity contribution >= 4 is 23.1 Å². The van der Waals surface area contributed by atoms with Gasteiger partial charge in [-0.25, -0.2) is 0 Å². The van der Waals surface area contributed by atoms with E-state index in [4.69, 9.17) is 9.47 Å². The van der Waals surface area contributed by atoms with E-state index in [0.717, 1.165) is 16.8 Å². The fraction of sp³-hybridized carbons (Fsp3) is 0.214. The smallest absolute Gasteiger partial charge is 0.295 e. The molecule has 0 spiro atoms. The van der Waals surface area contributed by atoms with Gasteiger partial charge in [-0.1, -0.05) is 42.5 Å². The molecule has 2 aliphatic rings. The molecule has 35 heavy (non-hydrogen) atoms. The Hall–Kier alpha value is -4.26. The van der Waals surface area contributed by atoms with Crippen molar-refractivity contribution in [2.75, 3.05) is 32.2 Å². The third-order valence-electron chi connectivity index (χ3n) is 6.47. The van der Waals surface area contributed by atoms with Crippen molar-refractivity contribution in [1.82, 2.24) is 4.90 Å². The molecule has 7 heteroatoms. The van der Waals surface area contributed by atoms with Crippen LogP contribution < -0.4 is 14.4 Å². The lowest BCUT2D eigenvalue weighted by Crippen LogP contribution is -2.29. The SMILES string of the molecule is COc1cccc(CN2C(=O)C(=O)/C(=C(\O)c3ccc4c(c3)N(C)CCO4)C2c2ccccc2)c1. The van der Waals surface area contributed by atoms with Crippen LogP contribution in [-0.2, 0) is 16.1 Å². The maximum absolute atomic E-state index is 13.3. The van der Waals surface area contributed by atoms with Crippen LogP contribution in [0.4, 0.5) is 5.69 Å². The van der Waals surface area contributed by atoms with Crippen LogP contribution in [0.15, 0.2) is 78.4 Å². The summed E-state index contributed by atoms with van der Waals surface area (Å²) in [4.78, 5) is 30.1. The molecule has 0 aliphatic carbocycles. The number of carbonyl (C=O) groups excluding carboxylic acids is 2. The molecular weight excluding hydrogens is 444 g/mol. The van der Waals surface area contributed by atoms with E-state index in [9.17, 15) is 14.7 Å². The zero-order chi connectivity index (χ0) is 24.5. The molecule has 3 aromatic rings. The highest BCUT2D eigenvalue weighted by Crippen LogP contribution is 2.41. The molecule has 1 unspecified atom stereocenters. The van der Waals surface area contributed by atoms with Gasteiger partial charge in [-0.2, -0.15) is 0 Å².